The maximum atomic E-state index is 13.1. The Hall–Kier alpha value is -0.370. The molecule has 0 saturated heterocycles. The molecule has 0 N–H and O–H groups in total. The first-order valence-electron chi connectivity index (χ1n) is 5.55. The Bertz CT molecular complexity index is 309. The highest BCUT2D eigenvalue weighted by Crippen LogP contribution is 2.29. The maximum absolute atomic E-state index is 13.1. The first-order chi connectivity index (χ1) is 7.15. The van der Waals surface area contributed by atoms with Gasteiger partial charge in [-0.25, -0.2) is 4.39 Å². The monoisotopic (exact) mass is 272 g/mol. The van der Waals surface area contributed by atoms with Crippen molar-refractivity contribution in [2.24, 2.45) is 0 Å². The van der Waals surface area contributed by atoms with E-state index >= 15 is 0 Å². The molecule has 0 aliphatic heterocycles. The molecule has 0 heterocycles. The molecule has 15 heavy (non-hydrogen) atoms. The van der Waals surface area contributed by atoms with Gasteiger partial charge in [-0.05, 0) is 30.5 Å². The highest BCUT2D eigenvalue weighted by molar-refractivity contribution is 9.09. The number of hydrogen-bond acceptors (Lipinski definition) is 0. The van der Waals surface area contributed by atoms with Crippen LogP contribution in [0.15, 0.2) is 18.2 Å². The summed E-state index contributed by atoms with van der Waals surface area (Å²) in [6, 6.07) is 5.35. The SMILES string of the molecule is CCCCCC(Br)c1ccc(F)c(C)c1. The lowest BCUT2D eigenvalue weighted by Gasteiger charge is -2.10. The Morgan fingerprint density at radius 2 is 2.07 bits per heavy atom. The van der Waals surface area contributed by atoms with Crippen LogP contribution in [-0.4, -0.2) is 0 Å². The van der Waals surface area contributed by atoms with E-state index in [1.165, 1.54) is 24.8 Å². The van der Waals surface area contributed by atoms with E-state index in [9.17, 15) is 4.39 Å². The van der Waals surface area contributed by atoms with E-state index in [-0.39, 0.29) is 5.82 Å². The molecule has 0 amide bonds. The fraction of sp³-hybridized carbons (Fsp3) is 0.538. The number of hydrogen-bond donors (Lipinski definition) is 0. The van der Waals surface area contributed by atoms with Crippen molar-refractivity contribution in [3.63, 3.8) is 0 Å². The third-order valence-corrected chi connectivity index (χ3v) is 3.59. The van der Waals surface area contributed by atoms with Crippen LogP contribution in [0.25, 0.3) is 0 Å². The standard InChI is InChI=1S/C13H18BrF/c1-3-4-5-6-12(14)11-7-8-13(15)10(2)9-11/h7-9,12H,3-6H2,1-2H3. The van der Waals surface area contributed by atoms with Crippen LogP contribution < -0.4 is 0 Å². The molecule has 0 bridgehead atoms. The fourth-order valence-corrected chi connectivity index (χ4v) is 2.21. The number of halogens is 2. The average Bonchev–Trinajstić information content (AvgIpc) is 2.22. The Labute approximate surface area is 100 Å². The summed E-state index contributed by atoms with van der Waals surface area (Å²) < 4.78 is 13.1. The van der Waals surface area contributed by atoms with Gasteiger partial charge in [-0.2, -0.15) is 0 Å². The second-order valence-corrected chi connectivity index (χ2v) is 5.08. The van der Waals surface area contributed by atoms with E-state index in [1.54, 1.807) is 6.07 Å². The third kappa shape index (κ3) is 3.94. The van der Waals surface area contributed by atoms with Gasteiger partial charge < -0.3 is 0 Å². The highest BCUT2D eigenvalue weighted by Gasteiger charge is 2.08. The van der Waals surface area contributed by atoms with Crippen molar-refractivity contribution in [1.82, 2.24) is 0 Å². The van der Waals surface area contributed by atoms with Crippen LogP contribution in [0.3, 0.4) is 0 Å². The molecule has 0 fully saturated rings. The smallest absolute Gasteiger partial charge is 0.126 e. The summed E-state index contributed by atoms with van der Waals surface area (Å²) in [5.41, 5.74) is 1.91. The summed E-state index contributed by atoms with van der Waals surface area (Å²) in [5, 5.41) is 0. The molecular formula is C13H18BrF. The zero-order chi connectivity index (χ0) is 11.3. The predicted molar refractivity (Wildman–Crippen MR) is 66.9 cm³/mol. The van der Waals surface area contributed by atoms with E-state index in [2.05, 4.69) is 22.9 Å². The van der Waals surface area contributed by atoms with Crippen molar-refractivity contribution in [3.05, 3.63) is 35.1 Å². The minimum Gasteiger partial charge on any atom is -0.207 e. The second kappa shape index (κ2) is 6.26. The summed E-state index contributed by atoms with van der Waals surface area (Å²) in [4.78, 5) is 0.364. The predicted octanol–water partition coefficient (Wildman–Crippen LogP) is 5.15. The zero-order valence-electron chi connectivity index (χ0n) is 9.39. The molecular weight excluding hydrogens is 255 g/mol. The summed E-state index contributed by atoms with van der Waals surface area (Å²) >= 11 is 3.65. The van der Waals surface area contributed by atoms with Crippen molar-refractivity contribution < 1.29 is 4.39 Å². The van der Waals surface area contributed by atoms with Crippen LogP contribution in [0.4, 0.5) is 4.39 Å². The molecule has 0 aliphatic rings. The van der Waals surface area contributed by atoms with E-state index in [1.807, 2.05) is 19.1 Å². The van der Waals surface area contributed by atoms with Gasteiger partial charge in [-0.3, -0.25) is 0 Å². The first kappa shape index (κ1) is 12.7. The second-order valence-electron chi connectivity index (χ2n) is 3.97. The van der Waals surface area contributed by atoms with Crippen molar-refractivity contribution >= 4 is 15.9 Å². The summed E-state index contributed by atoms with van der Waals surface area (Å²) in [5.74, 6) is -0.119. The Kier molecular flexibility index (Phi) is 5.30. The molecule has 2 heteroatoms. The molecule has 0 radical (unpaired) electrons. The van der Waals surface area contributed by atoms with Gasteiger partial charge in [0, 0.05) is 4.83 Å². The van der Waals surface area contributed by atoms with Crippen molar-refractivity contribution in [1.29, 1.82) is 0 Å². The van der Waals surface area contributed by atoms with Crippen LogP contribution in [0, 0.1) is 12.7 Å². The van der Waals surface area contributed by atoms with E-state index < -0.39 is 0 Å². The number of unbranched alkanes of at least 4 members (excludes halogenated alkanes) is 2. The lowest BCUT2D eigenvalue weighted by molar-refractivity contribution is 0.615. The van der Waals surface area contributed by atoms with E-state index in [0.717, 1.165) is 12.0 Å². The third-order valence-electron chi connectivity index (χ3n) is 2.60. The lowest BCUT2D eigenvalue weighted by Crippen LogP contribution is -1.92. The molecule has 84 valence electrons. The van der Waals surface area contributed by atoms with Crippen LogP contribution >= 0.6 is 15.9 Å². The molecule has 1 unspecified atom stereocenters. The first-order valence-corrected chi connectivity index (χ1v) is 6.46. The summed E-state index contributed by atoms with van der Waals surface area (Å²) in [7, 11) is 0. The van der Waals surface area contributed by atoms with Crippen molar-refractivity contribution in [2.45, 2.75) is 44.4 Å². The molecule has 0 saturated carbocycles. The van der Waals surface area contributed by atoms with Gasteiger partial charge in [0.05, 0.1) is 0 Å². The van der Waals surface area contributed by atoms with Crippen LogP contribution in [0.5, 0.6) is 0 Å². The van der Waals surface area contributed by atoms with Crippen molar-refractivity contribution in [3.8, 4) is 0 Å². The van der Waals surface area contributed by atoms with Crippen LogP contribution in [0.2, 0.25) is 0 Å². The van der Waals surface area contributed by atoms with Gasteiger partial charge in [0.1, 0.15) is 5.82 Å². The van der Waals surface area contributed by atoms with Gasteiger partial charge >= 0.3 is 0 Å². The molecule has 1 aromatic rings. The minimum absolute atomic E-state index is 0.119. The minimum atomic E-state index is -0.119. The molecule has 0 spiro atoms. The van der Waals surface area contributed by atoms with E-state index in [0.29, 0.717) is 4.83 Å². The Balaban J connectivity index is 2.57. The lowest BCUT2D eigenvalue weighted by atomic mass is 10.0. The number of rotatable bonds is 5. The highest BCUT2D eigenvalue weighted by atomic mass is 79.9. The van der Waals surface area contributed by atoms with Crippen molar-refractivity contribution in [2.75, 3.05) is 0 Å². The van der Waals surface area contributed by atoms with Crippen LogP contribution in [0.1, 0.15) is 48.6 Å². The fourth-order valence-electron chi connectivity index (χ4n) is 1.60. The molecule has 0 nitrogen and oxygen atoms in total. The largest absolute Gasteiger partial charge is 0.207 e. The molecule has 0 aliphatic carbocycles. The van der Waals surface area contributed by atoms with Gasteiger partial charge in [0.25, 0.3) is 0 Å². The number of aryl methyl sites for hydroxylation is 1. The van der Waals surface area contributed by atoms with Gasteiger partial charge in [-0.15, -0.1) is 0 Å². The maximum Gasteiger partial charge on any atom is 0.126 e. The van der Waals surface area contributed by atoms with Crippen LogP contribution in [-0.2, 0) is 0 Å². The Morgan fingerprint density at radius 3 is 2.67 bits per heavy atom. The summed E-state index contributed by atoms with van der Waals surface area (Å²) in [6.07, 6.45) is 4.85. The Morgan fingerprint density at radius 1 is 1.33 bits per heavy atom. The topological polar surface area (TPSA) is 0 Å². The average molecular weight is 273 g/mol. The molecule has 0 aromatic heterocycles. The zero-order valence-corrected chi connectivity index (χ0v) is 11.0. The van der Waals surface area contributed by atoms with Gasteiger partial charge in [0.15, 0.2) is 0 Å². The number of benzene rings is 1. The summed E-state index contributed by atoms with van der Waals surface area (Å²) in [6.45, 7) is 4.01. The molecule has 1 atom stereocenters. The van der Waals surface area contributed by atoms with Gasteiger partial charge in [0.2, 0.25) is 0 Å². The van der Waals surface area contributed by atoms with Gasteiger partial charge in [-0.1, -0.05) is 54.2 Å². The molecule has 1 rings (SSSR count). The number of alkyl halides is 1. The quantitative estimate of drug-likeness (QED) is 0.514. The normalized spacial score (nSPS) is 12.8. The van der Waals surface area contributed by atoms with E-state index in [4.69, 9.17) is 0 Å². The molecule has 1 aromatic carbocycles.